The summed E-state index contributed by atoms with van der Waals surface area (Å²) in [6, 6.07) is 9.92. The predicted octanol–water partition coefficient (Wildman–Crippen LogP) is 2.79. The van der Waals surface area contributed by atoms with Gasteiger partial charge in [-0.2, -0.15) is 0 Å². The van der Waals surface area contributed by atoms with Gasteiger partial charge in [0.1, 0.15) is 18.8 Å². The Kier molecular flexibility index (Phi) is 7.55. The molecule has 2 aromatic rings. The van der Waals surface area contributed by atoms with Crippen molar-refractivity contribution in [3.63, 3.8) is 0 Å². The highest BCUT2D eigenvalue weighted by Gasteiger charge is 2.37. The van der Waals surface area contributed by atoms with Crippen molar-refractivity contribution in [3.8, 4) is 11.1 Å². The monoisotopic (exact) mass is 468 g/mol. The zero-order valence-corrected chi connectivity index (χ0v) is 18.8. The first-order valence-corrected chi connectivity index (χ1v) is 10.8. The smallest absolute Gasteiger partial charge is 0.305 e. The number of rotatable bonds is 10. The molecule has 178 valence electrons. The molecule has 9 heteroatoms. The van der Waals surface area contributed by atoms with Crippen LogP contribution in [0.2, 0.25) is 0 Å². The molecule has 2 N–H and O–H groups in total. The fourth-order valence-corrected chi connectivity index (χ4v) is 3.98. The van der Waals surface area contributed by atoms with Crippen LogP contribution in [0, 0.1) is 0 Å². The number of alkyl halides is 1. The van der Waals surface area contributed by atoms with Gasteiger partial charge in [-0.1, -0.05) is 43.3 Å². The van der Waals surface area contributed by atoms with E-state index in [-0.39, 0.29) is 24.7 Å². The number of benzene rings is 2. The third-order valence-corrected chi connectivity index (χ3v) is 5.85. The average Bonchev–Trinajstić information content (AvgIpc) is 3.13. The number of carboxylic acid groups (broad SMARTS) is 1. The summed E-state index contributed by atoms with van der Waals surface area (Å²) in [5, 5.41) is 11.3. The van der Waals surface area contributed by atoms with Crippen LogP contribution in [0.15, 0.2) is 42.5 Å². The lowest BCUT2D eigenvalue weighted by Gasteiger charge is -2.27. The number of Topliss-reactive ketones (excluding diaryl/α,β-unsaturated/α-hetero) is 2. The molecule has 0 aliphatic carbocycles. The Morgan fingerprint density at radius 2 is 1.74 bits per heavy atom. The average molecular weight is 468 g/mol. The first-order chi connectivity index (χ1) is 16.2. The predicted molar refractivity (Wildman–Crippen MR) is 121 cm³/mol. The van der Waals surface area contributed by atoms with Gasteiger partial charge in [-0.3, -0.25) is 24.0 Å². The molecule has 0 saturated carbocycles. The van der Waals surface area contributed by atoms with Crippen LogP contribution in [0.4, 0.5) is 4.39 Å². The highest BCUT2D eigenvalue weighted by Crippen LogP contribution is 2.30. The molecule has 0 spiro atoms. The fraction of sp³-hybridized carbons (Fsp3) is 0.320. The van der Waals surface area contributed by atoms with E-state index in [1.165, 1.54) is 11.8 Å². The van der Waals surface area contributed by atoms with Crippen molar-refractivity contribution in [1.29, 1.82) is 0 Å². The molecule has 1 aliphatic rings. The van der Waals surface area contributed by atoms with Gasteiger partial charge < -0.3 is 15.3 Å². The summed E-state index contributed by atoms with van der Waals surface area (Å²) >= 11 is 0. The maximum Gasteiger partial charge on any atom is 0.305 e. The maximum atomic E-state index is 13.2. The standard InChI is InChI=1S/C25H25FN2O6/c1-3-21(24(33)27-20(11-23(31)32)22(30)12-26)28-13-18-9-8-17(10-19(18)25(28)34)16-6-4-15(5-7-16)14(2)29/h4-10,20-21H,3,11-13H2,1-2H3,(H,27,33)(H,31,32). The van der Waals surface area contributed by atoms with Crippen molar-refractivity contribution in [2.45, 2.75) is 45.3 Å². The number of halogens is 1. The van der Waals surface area contributed by atoms with Crippen LogP contribution in [0.25, 0.3) is 11.1 Å². The summed E-state index contributed by atoms with van der Waals surface area (Å²) in [6.07, 6.45) is -0.528. The molecule has 8 nitrogen and oxygen atoms in total. The number of carboxylic acids is 1. The van der Waals surface area contributed by atoms with Crippen molar-refractivity contribution in [2.24, 2.45) is 0 Å². The molecule has 2 atom stereocenters. The molecule has 2 aromatic carbocycles. The number of hydrogen-bond acceptors (Lipinski definition) is 5. The minimum Gasteiger partial charge on any atom is -0.481 e. The van der Waals surface area contributed by atoms with Crippen molar-refractivity contribution >= 4 is 29.4 Å². The van der Waals surface area contributed by atoms with E-state index in [0.29, 0.717) is 11.1 Å². The number of hydrogen-bond donors (Lipinski definition) is 2. The van der Waals surface area contributed by atoms with Crippen LogP contribution in [0.5, 0.6) is 0 Å². The normalized spacial score (nSPS) is 14.3. The van der Waals surface area contributed by atoms with Gasteiger partial charge in [0, 0.05) is 17.7 Å². The largest absolute Gasteiger partial charge is 0.481 e. The Labute approximate surface area is 195 Å². The van der Waals surface area contributed by atoms with Gasteiger partial charge in [0.15, 0.2) is 11.6 Å². The van der Waals surface area contributed by atoms with E-state index in [1.807, 2.05) is 6.07 Å². The molecule has 34 heavy (non-hydrogen) atoms. The van der Waals surface area contributed by atoms with Crippen molar-refractivity contribution in [2.75, 3.05) is 6.67 Å². The van der Waals surface area contributed by atoms with Gasteiger partial charge >= 0.3 is 5.97 Å². The third-order valence-electron chi connectivity index (χ3n) is 5.85. The first kappa shape index (κ1) is 24.8. The molecule has 0 fully saturated rings. The van der Waals surface area contributed by atoms with E-state index in [9.17, 15) is 28.4 Å². The number of carbonyl (C=O) groups excluding carboxylic acids is 4. The zero-order chi connectivity index (χ0) is 25.0. The molecule has 1 heterocycles. The quantitative estimate of drug-likeness (QED) is 0.518. The molecule has 3 rings (SSSR count). The Hall–Kier alpha value is -3.88. The number of nitrogens with one attached hydrogen (secondary N) is 1. The van der Waals surface area contributed by atoms with Crippen LogP contribution in [0.3, 0.4) is 0 Å². The van der Waals surface area contributed by atoms with E-state index in [4.69, 9.17) is 5.11 Å². The molecule has 2 amide bonds. The van der Waals surface area contributed by atoms with Crippen molar-refractivity contribution < 1.29 is 33.5 Å². The minimum atomic E-state index is -1.51. The zero-order valence-electron chi connectivity index (χ0n) is 18.8. The summed E-state index contributed by atoms with van der Waals surface area (Å²) in [5.41, 5.74) is 3.33. The summed E-state index contributed by atoms with van der Waals surface area (Å²) in [4.78, 5) is 61.6. The van der Waals surface area contributed by atoms with E-state index < -0.39 is 42.8 Å². The lowest BCUT2D eigenvalue weighted by atomic mass is 9.99. The molecule has 0 radical (unpaired) electrons. The maximum absolute atomic E-state index is 13.2. The van der Waals surface area contributed by atoms with Crippen molar-refractivity contribution in [3.05, 3.63) is 59.2 Å². The van der Waals surface area contributed by atoms with Crippen molar-refractivity contribution in [1.82, 2.24) is 10.2 Å². The minimum absolute atomic E-state index is 0.0472. The highest BCUT2D eigenvalue weighted by atomic mass is 19.1. The highest BCUT2D eigenvalue weighted by molar-refractivity contribution is 6.03. The first-order valence-electron chi connectivity index (χ1n) is 10.8. The molecule has 1 aliphatic heterocycles. The molecular weight excluding hydrogens is 443 g/mol. The third kappa shape index (κ3) is 5.19. The van der Waals surface area contributed by atoms with E-state index >= 15 is 0 Å². The SMILES string of the molecule is CCC(C(=O)NC(CC(=O)O)C(=O)CF)N1Cc2ccc(-c3ccc(C(C)=O)cc3)cc2C1=O. The second-order valence-corrected chi connectivity index (χ2v) is 8.12. The molecule has 2 unspecified atom stereocenters. The Balaban J connectivity index is 1.80. The number of nitrogens with zero attached hydrogens (tertiary/aromatic N) is 1. The van der Waals surface area contributed by atoms with Gasteiger partial charge in [-0.15, -0.1) is 0 Å². The summed E-state index contributed by atoms with van der Waals surface area (Å²) in [6.45, 7) is 1.94. The molecule has 0 bridgehead atoms. The molecular formula is C25H25FN2O6. The van der Waals surface area contributed by atoms with Crippen LogP contribution in [-0.4, -0.2) is 58.1 Å². The van der Waals surface area contributed by atoms with Crippen LogP contribution >= 0.6 is 0 Å². The van der Waals surface area contributed by atoms with Gasteiger partial charge in [-0.05, 0) is 36.1 Å². The second-order valence-electron chi connectivity index (χ2n) is 8.12. The Morgan fingerprint density at radius 1 is 1.09 bits per heavy atom. The summed E-state index contributed by atoms with van der Waals surface area (Å²) in [7, 11) is 0. The van der Waals surface area contributed by atoms with E-state index in [1.54, 1.807) is 43.3 Å². The number of aliphatic carboxylic acids is 1. The number of ketones is 2. The van der Waals surface area contributed by atoms with Crippen LogP contribution < -0.4 is 5.32 Å². The van der Waals surface area contributed by atoms with Gasteiger partial charge in [-0.25, -0.2) is 4.39 Å². The number of amides is 2. The molecule has 0 saturated heterocycles. The Bertz CT molecular complexity index is 1140. The lowest BCUT2D eigenvalue weighted by molar-refractivity contribution is -0.140. The number of carbonyl (C=O) groups is 5. The van der Waals surface area contributed by atoms with E-state index in [0.717, 1.165) is 16.7 Å². The van der Waals surface area contributed by atoms with Gasteiger partial charge in [0.05, 0.1) is 6.42 Å². The van der Waals surface area contributed by atoms with E-state index in [2.05, 4.69) is 5.32 Å². The topological polar surface area (TPSA) is 121 Å². The van der Waals surface area contributed by atoms with Crippen LogP contribution in [0.1, 0.15) is 53.0 Å². The Morgan fingerprint density at radius 3 is 2.29 bits per heavy atom. The number of fused-ring (bicyclic) bond motifs is 1. The summed E-state index contributed by atoms with van der Waals surface area (Å²) in [5.74, 6) is -3.52. The second kappa shape index (κ2) is 10.4. The molecule has 0 aromatic heterocycles. The van der Waals surface area contributed by atoms with Gasteiger partial charge in [0.2, 0.25) is 5.91 Å². The van der Waals surface area contributed by atoms with Gasteiger partial charge in [0.25, 0.3) is 5.91 Å². The fourth-order valence-electron chi connectivity index (χ4n) is 3.98. The lowest BCUT2D eigenvalue weighted by Crippen LogP contribution is -2.52. The van der Waals surface area contributed by atoms with Crippen LogP contribution in [-0.2, 0) is 20.9 Å². The summed E-state index contributed by atoms with van der Waals surface area (Å²) < 4.78 is 12.8.